The van der Waals surface area contributed by atoms with Crippen molar-refractivity contribution in [2.24, 2.45) is 5.11 Å². The van der Waals surface area contributed by atoms with Gasteiger partial charge in [0.25, 0.3) is 5.92 Å². The third kappa shape index (κ3) is 1.51. The van der Waals surface area contributed by atoms with E-state index >= 15 is 0 Å². The van der Waals surface area contributed by atoms with Crippen molar-refractivity contribution in [1.82, 2.24) is 4.91 Å². The zero-order valence-corrected chi connectivity index (χ0v) is 8.47. The van der Waals surface area contributed by atoms with Gasteiger partial charge in [0.1, 0.15) is 16.5 Å². The second kappa shape index (κ2) is 3.42. The summed E-state index contributed by atoms with van der Waals surface area (Å²) in [6, 6.07) is 0.822. The monoisotopic (exact) mass is 228 g/mol. The predicted molar refractivity (Wildman–Crippen MR) is 49.8 cm³/mol. The van der Waals surface area contributed by atoms with Crippen LogP contribution in [0.2, 0.25) is 0 Å². The Morgan fingerprint density at radius 3 is 2.81 bits per heavy atom. The fraction of sp³-hybridized carbons (Fsp3) is 0.400. The Morgan fingerprint density at radius 2 is 2.19 bits per heavy atom. The summed E-state index contributed by atoms with van der Waals surface area (Å²) in [5.74, 6) is -3.62. The molecule has 0 aliphatic heterocycles. The number of benzene rings is 1. The molecule has 0 bridgehead atoms. The average molecular weight is 228 g/mol. The lowest BCUT2D eigenvalue weighted by atomic mass is 10.0. The van der Waals surface area contributed by atoms with Gasteiger partial charge in [0.2, 0.25) is 11.0 Å². The Morgan fingerprint density at radius 1 is 1.50 bits per heavy atom. The topological polar surface area (TPSA) is 50.3 Å². The first-order valence-corrected chi connectivity index (χ1v) is 4.69. The van der Waals surface area contributed by atoms with Gasteiger partial charge in [-0.15, -0.1) is 0 Å². The smallest absolute Gasteiger partial charge is 0.207 e. The molecule has 0 saturated heterocycles. The van der Waals surface area contributed by atoms with Crippen LogP contribution in [0.3, 0.4) is 0 Å². The molecule has 6 heteroatoms. The van der Waals surface area contributed by atoms with Crippen molar-refractivity contribution in [3.63, 3.8) is 0 Å². The van der Waals surface area contributed by atoms with Crippen LogP contribution in [0.15, 0.2) is 17.2 Å². The fourth-order valence-electron chi connectivity index (χ4n) is 2.12. The standard InChI is InChI=1S/C10H9F3N3/c1-5-2-7(11)3-6-4-10(12,13)9(8(5)6)15-16-14/h2-3,9,14H,4H2,1H3/q+1. The van der Waals surface area contributed by atoms with Gasteiger partial charge in [0, 0.05) is 6.42 Å². The number of nitrogens with one attached hydrogen (secondary N) is 1. The van der Waals surface area contributed by atoms with Gasteiger partial charge in [-0.05, 0) is 35.7 Å². The molecule has 1 aromatic rings. The number of fused-ring (bicyclic) bond motifs is 1. The summed E-state index contributed by atoms with van der Waals surface area (Å²) in [6.45, 7) is 1.55. The second-order valence-corrected chi connectivity index (χ2v) is 3.85. The molecule has 16 heavy (non-hydrogen) atoms. The summed E-state index contributed by atoms with van der Waals surface area (Å²) in [4.78, 5) is 2.68. The molecule has 1 aliphatic carbocycles. The van der Waals surface area contributed by atoms with Gasteiger partial charge >= 0.3 is 0 Å². The van der Waals surface area contributed by atoms with Gasteiger partial charge in [0.05, 0.1) is 0 Å². The van der Waals surface area contributed by atoms with Crippen LogP contribution in [0.5, 0.6) is 0 Å². The number of alkyl halides is 2. The van der Waals surface area contributed by atoms with E-state index in [4.69, 9.17) is 5.53 Å². The summed E-state index contributed by atoms with van der Waals surface area (Å²) in [6.07, 6.45) is -0.551. The minimum atomic E-state index is -3.09. The molecule has 0 heterocycles. The molecule has 1 aromatic carbocycles. The number of rotatable bonds is 1. The number of hydrogen-bond donors (Lipinski definition) is 1. The molecular weight excluding hydrogens is 219 g/mol. The van der Waals surface area contributed by atoms with E-state index < -0.39 is 24.2 Å². The maximum atomic E-state index is 13.5. The highest BCUT2D eigenvalue weighted by Gasteiger charge is 2.52. The predicted octanol–water partition coefficient (Wildman–Crippen LogP) is 2.92. The van der Waals surface area contributed by atoms with Crippen molar-refractivity contribution in [1.29, 1.82) is 5.53 Å². The van der Waals surface area contributed by atoms with E-state index in [-0.39, 0.29) is 5.56 Å². The van der Waals surface area contributed by atoms with Crippen LogP contribution in [-0.2, 0) is 6.42 Å². The second-order valence-electron chi connectivity index (χ2n) is 3.85. The van der Waals surface area contributed by atoms with E-state index in [0.29, 0.717) is 11.1 Å². The van der Waals surface area contributed by atoms with Crippen molar-refractivity contribution in [2.75, 3.05) is 0 Å². The quantitative estimate of drug-likeness (QED) is 0.567. The SMILES string of the molecule is Cc1cc(F)cc2c1C(N=[N+]=N)C(F)(F)C2. The number of nitrogens with zero attached hydrogens (tertiary/aromatic N) is 2. The Hall–Kier alpha value is -1.68. The molecule has 0 fully saturated rings. The van der Waals surface area contributed by atoms with E-state index in [1.165, 1.54) is 6.07 Å². The van der Waals surface area contributed by atoms with Gasteiger partial charge < -0.3 is 0 Å². The number of aryl methyl sites for hydroxylation is 1. The maximum Gasteiger partial charge on any atom is 0.285 e. The van der Waals surface area contributed by atoms with E-state index in [2.05, 4.69) is 10.0 Å². The number of halogens is 3. The molecule has 0 radical (unpaired) electrons. The molecule has 0 spiro atoms. The Bertz CT molecular complexity index is 492. The number of hydrogen-bond acceptors (Lipinski definition) is 2. The third-order valence-electron chi connectivity index (χ3n) is 2.71. The van der Waals surface area contributed by atoms with E-state index in [1.807, 2.05) is 0 Å². The van der Waals surface area contributed by atoms with Crippen LogP contribution < -0.4 is 4.91 Å². The fourth-order valence-corrected chi connectivity index (χ4v) is 2.12. The summed E-state index contributed by atoms with van der Waals surface area (Å²) in [7, 11) is 0. The summed E-state index contributed by atoms with van der Waals surface area (Å²) in [5.41, 5.74) is 7.51. The van der Waals surface area contributed by atoms with E-state index in [1.54, 1.807) is 6.92 Å². The lowest BCUT2D eigenvalue weighted by Crippen LogP contribution is -2.20. The molecular formula is C10H9F3N3+. The van der Waals surface area contributed by atoms with Crippen LogP contribution in [0, 0.1) is 18.3 Å². The van der Waals surface area contributed by atoms with Crippen molar-refractivity contribution >= 4 is 0 Å². The molecule has 1 N–H and O–H groups in total. The highest BCUT2D eigenvalue weighted by atomic mass is 19.3. The van der Waals surface area contributed by atoms with Gasteiger partial charge in [-0.1, -0.05) is 0 Å². The molecule has 1 unspecified atom stereocenters. The Balaban J connectivity index is 2.64. The van der Waals surface area contributed by atoms with Crippen molar-refractivity contribution < 1.29 is 13.2 Å². The Labute approximate surface area is 89.5 Å². The zero-order chi connectivity index (χ0) is 11.9. The molecule has 0 amide bonds. The largest absolute Gasteiger partial charge is 0.285 e. The maximum absolute atomic E-state index is 13.5. The lowest BCUT2D eigenvalue weighted by Gasteiger charge is -2.10. The molecule has 1 atom stereocenters. The first-order valence-electron chi connectivity index (χ1n) is 4.69. The van der Waals surface area contributed by atoms with Gasteiger partial charge in [0.15, 0.2) is 0 Å². The Kier molecular flexibility index (Phi) is 2.31. The van der Waals surface area contributed by atoms with E-state index in [9.17, 15) is 13.2 Å². The molecule has 0 saturated carbocycles. The van der Waals surface area contributed by atoms with Crippen molar-refractivity contribution in [2.45, 2.75) is 25.3 Å². The molecule has 3 nitrogen and oxygen atoms in total. The third-order valence-corrected chi connectivity index (χ3v) is 2.71. The minimum Gasteiger partial charge on any atom is -0.207 e. The minimum absolute atomic E-state index is 0.250. The average Bonchev–Trinajstić information content (AvgIpc) is 2.37. The van der Waals surface area contributed by atoms with Crippen LogP contribution in [-0.4, -0.2) is 5.92 Å². The first kappa shape index (κ1) is 10.8. The van der Waals surface area contributed by atoms with Gasteiger partial charge in [-0.3, -0.25) is 0 Å². The van der Waals surface area contributed by atoms with Crippen LogP contribution in [0.4, 0.5) is 13.2 Å². The van der Waals surface area contributed by atoms with Crippen molar-refractivity contribution in [3.8, 4) is 0 Å². The summed E-state index contributed by atoms with van der Waals surface area (Å²) in [5, 5.41) is 3.23. The highest BCUT2D eigenvalue weighted by molar-refractivity contribution is 5.43. The van der Waals surface area contributed by atoms with Crippen LogP contribution in [0.25, 0.3) is 0 Å². The summed E-state index contributed by atoms with van der Waals surface area (Å²) < 4.78 is 40.1. The zero-order valence-electron chi connectivity index (χ0n) is 8.47. The van der Waals surface area contributed by atoms with Crippen molar-refractivity contribution in [3.05, 3.63) is 34.6 Å². The highest BCUT2D eigenvalue weighted by Crippen LogP contribution is 2.46. The molecule has 2 rings (SSSR count). The first-order chi connectivity index (χ1) is 7.45. The van der Waals surface area contributed by atoms with Crippen LogP contribution in [0.1, 0.15) is 22.7 Å². The summed E-state index contributed by atoms with van der Waals surface area (Å²) >= 11 is 0. The normalized spacial score (nSPS) is 21.4. The molecule has 1 aliphatic rings. The molecule has 84 valence electrons. The van der Waals surface area contributed by atoms with Gasteiger partial charge in [-0.25, -0.2) is 13.2 Å². The molecule has 0 aromatic heterocycles. The lowest BCUT2D eigenvalue weighted by molar-refractivity contribution is -0.0153. The van der Waals surface area contributed by atoms with E-state index in [0.717, 1.165) is 6.07 Å². The van der Waals surface area contributed by atoms with Gasteiger partial charge in [-0.2, -0.15) is 0 Å². The van der Waals surface area contributed by atoms with Crippen LogP contribution >= 0.6 is 0 Å².